The Morgan fingerprint density at radius 3 is 2.61 bits per heavy atom. The van der Waals surface area contributed by atoms with Crippen LogP contribution in [0.1, 0.15) is 29.0 Å². The molecule has 0 spiro atoms. The van der Waals surface area contributed by atoms with Crippen LogP contribution in [0.2, 0.25) is 0 Å². The van der Waals surface area contributed by atoms with Crippen molar-refractivity contribution in [2.24, 2.45) is 0 Å². The third-order valence-electron chi connectivity index (χ3n) is 4.22. The van der Waals surface area contributed by atoms with Crippen molar-refractivity contribution < 1.29 is 18.8 Å². The summed E-state index contributed by atoms with van der Waals surface area (Å²) in [5.41, 5.74) is 4.59. The van der Waals surface area contributed by atoms with E-state index in [1.807, 2.05) is 43.5 Å². The number of hydrogen-bond acceptors (Lipinski definition) is 7. The number of anilines is 1. The second kappa shape index (κ2) is 8.79. The van der Waals surface area contributed by atoms with E-state index in [1.54, 1.807) is 6.92 Å². The number of rotatable bonds is 7. The van der Waals surface area contributed by atoms with Gasteiger partial charge in [-0.05, 0) is 27.2 Å². The quantitative estimate of drug-likeness (QED) is 0.607. The molecular formula is C20H21N3O4S. The predicted octanol–water partition coefficient (Wildman–Crippen LogP) is 3.84. The number of aryl methyl sites for hydroxylation is 3. The number of ether oxygens (including phenoxy) is 1. The van der Waals surface area contributed by atoms with Crippen molar-refractivity contribution in [2.45, 2.75) is 33.6 Å². The monoisotopic (exact) mass is 399 g/mol. The lowest BCUT2D eigenvalue weighted by atomic mass is 10.1. The molecule has 28 heavy (non-hydrogen) atoms. The number of carbonyl (C=O) groups is 2. The van der Waals surface area contributed by atoms with Gasteiger partial charge in [-0.25, -0.2) is 4.98 Å². The summed E-state index contributed by atoms with van der Waals surface area (Å²) in [4.78, 5) is 28.3. The minimum absolute atomic E-state index is 0.158. The van der Waals surface area contributed by atoms with Gasteiger partial charge in [0.2, 0.25) is 0 Å². The first-order valence-corrected chi connectivity index (χ1v) is 9.70. The fraction of sp³-hybridized carbons (Fsp3) is 0.300. The first-order chi connectivity index (χ1) is 13.4. The highest BCUT2D eigenvalue weighted by atomic mass is 32.1. The zero-order valence-electron chi connectivity index (χ0n) is 15.9. The Kier molecular flexibility index (Phi) is 6.20. The molecule has 0 aliphatic heterocycles. The van der Waals surface area contributed by atoms with Crippen LogP contribution < -0.4 is 5.32 Å². The van der Waals surface area contributed by atoms with E-state index in [0.29, 0.717) is 17.3 Å². The molecule has 0 unspecified atom stereocenters. The Labute approximate surface area is 166 Å². The Morgan fingerprint density at radius 2 is 1.93 bits per heavy atom. The fourth-order valence-corrected chi connectivity index (χ4v) is 3.38. The van der Waals surface area contributed by atoms with Crippen LogP contribution in [0.15, 0.2) is 34.2 Å². The number of esters is 1. The molecule has 1 aromatic carbocycles. The molecule has 2 aromatic heterocycles. The van der Waals surface area contributed by atoms with Crippen molar-refractivity contribution in [1.82, 2.24) is 10.1 Å². The summed E-state index contributed by atoms with van der Waals surface area (Å²) >= 11 is 1.32. The lowest BCUT2D eigenvalue weighted by molar-refractivity contribution is -0.147. The summed E-state index contributed by atoms with van der Waals surface area (Å²) < 4.78 is 10.1. The van der Waals surface area contributed by atoms with E-state index in [0.717, 1.165) is 22.5 Å². The van der Waals surface area contributed by atoms with E-state index >= 15 is 0 Å². The predicted molar refractivity (Wildman–Crippen MR) is 106 cm³/mol. The van der Waals surface area contributed by atoms with Crippen molar-refractivity contribution in [1.29, 1.82) is 0 Å². The Hall–Kier alpha value is -3.00. The molecule has 7 nitrogen and oxygen atoms in total. The molecule has 1 N–H and O–H groups in total. The van der Waals surface area contributed by atoms with Crippen LogP contribution >= 0.6 is 11.3 Å². The molecule has 3 rings (SSSR count). The van der Waals surface area contributed by atoms with Crippen molar-refractivity contribution >= 4 is 28.3 Å². The highest BCUT2D eigenvalue weighted by Crippen LogP contribution is 2.25. The fourth-order valence-electron chi connectivity index (χ4n) is 2.65. The molecule has 146 valence electrons. The van der Waals surface area contributed by atoms with Crippen LogP contribution in [0.4, 0.5) is 5.13 Å². The van der Waals surface area contributed by atoms with Crippen LogP contribution in [0.25, 0.3) is 11.3 Å². The summed E-state index contributed by atoms with van der Waals surface area (Å²) in [6.45, 7) is 5.29. The van der Waals surface area contributed by atoms with E-state index in [-0.39, 0.29) is 13.0 Å². The zero-order valence-corrected chi connectivity index (χ0v) is 16.8. The largest absolute Gasteiger partial charge is 0.456 e. The van der Waals surface area contributed by atoms with E-state index in [4.69, 9.17) is 9.26 Å². The molecule has 3 aromatic rings. The van der Waals surface area contributed by atoms with Gasteiger partial charge in [0.05, 0.1) is 11.4 Å². The van der Waals surface area contributed by atoms with Crippen LogP contribution in [-0.4, -0.2) is 28.6 Å². The number of carbonyl (C=O) groups excluding carboxylic acids is 2. The van der Waals surface area contributed by atoms with Crippen LogP contribution in [0, 0.1) is 20.8 Å². The van der Waals surface area contributed by atoms with Gasteiger partial charge >= 0.3 is 5.97 Å². The first kappa shape index (κ1) is 19.8. The molecule has 0 bridgehead atoms. The van der Waals surface area contributed by atoms with Gasteiger partial charge < -0.3 is 9.26 Å². The van der Waals surface area contributed by atoms with E-state index in [9.17, 15) is 9.59 Å². The van der Waals surface area contributed by atoms with Crippen LogP contribution in [-0.2, 0) is 20.7 Å². The van der Waals surface area contributed by atoms with Crippen LogP contribution in [0.5, 0.6) is 0 Å². The summed E-state index contributed by atoms with van der Waals surface area (Å²) in [7, 11) is 0. The average molecular weight is 399 g/mol. The van der Waals surface area contributed by atoms with Crippen molar-refractivity contribution in [2.75, 3.05) is 11.9 Å². The maximum absolute atomic E-state index is 12.0. The summed E-state index contributed by atoms with van der Waals surface area (Å²) in [6, 6.07) is 7.98. The van der Waals surface area contributed by atoms with Crippen LogP contribution in [0.3, 0.4) is 0 Å². The van der Waals surface area contributed by atoms with Gasteiger partial charge in [-0.3, -0.25) is 14.9 Å². The van der Waals surface area contributed by atoms with E-state index < -0.39 is 11.9 Å². The zero-order chi connectivity index (χ0) is 20.1. The number of aromatic nitrogens is 2. The molecule has 8 heteroatoms. The highest BCUT2D eigenvalue weighted by Gasteiger charge is 2.14. The number of amides is 1. The molecule has 0 radical (unpaired) electrons. The van der Waals surface area contributed by atoms with Gasteiger partial charge in [-0.15, -0.1) is 11.3 Å². The standard InChI is InChI=1S/C20H21N3O4S/c1-12-4-6-15(7-5-12)17-11-28-20(21-17)22-18(24)10-26-19(25)9-8-16-13(2)23-27-14(16)3/h4-7,11H,8-10H2,1-3H3,(H,21,22,24). The minimum Gasteiger partial charge on any atom is -0.456 e. The summed E-state index contributed by atoms with van der Waals surface area (Å²) in [5, 5.41) is 8.84. The lowest BCUT2D eigenvalue weighted by Gasteiger charge is -2.05. The van der Waals surface area contributed by atoms with Gasteiger partial charge in [-0.2, -0.15) is 0 Å². The molecule has 0 atom stereocenters. The molecule has 0 fully saturated rings. The average Bonchev–Trinajstić information content (AvgIpc) is 3.26. The van der Waals surface area contributed by atoms with Gasteiger partial charge in [0.25, 0.3) is 5.91 Å². The molecular weight excluding hydrogens is 378 g/mol. The van der Waals surface area contributed by atoms with Gasteiger partial charge in [0.15, 0.2) is 11.7 Å². The van der Waals surface area contributed by atoms with E-state index in [1.165, 1.54) is 16.9 Å². The summed E-state index contributed by atoms with van der Waals surface area (Å²) in [5.74, 6) is -0.179. The number of hydrogen-bond donors (Lipinski definition) is 1. The maximum atomic E-state index is 12.0. The number of benzene rings is 1. The van der Waals surface area contributed by atoms with Gasteiger partial charge in [0.1, 0.15) is 5.76 Å². The third kappa shape index (κ3) is 5.04. The Balaban J connectivity index is 1.45. The van der Waals surface area contributed by atoms with Crippen molar-refractivity contribution in [3.8, 4) is 11.3 Å². The van der Waals surface area contributed by atoms with Gasteiger partial charge in [0, 0.05) is 22.9 Å². The minimum atomic E-state index is -0.449. The second-order valence-electron chi connectivity index (χ2n) is 6.42. The van der Waals surface area contributed by atoms with Gasteiger partial charge in [-0.1, -0.05) is 35.0 Å². The second-order valence-corrected chi connectivity index (χ2v) is 7.27. The normalized spacial score (nSPS) is 10.7. The van der Waals surface area contributed by atoms with Crippen molar-refractivity contribution in [3.63, 3.8) is 0 Å². The number of nitrogens with one attached hydrogen (secondary N) is 1. The summed E-state index contributed by atoms with van der Waals surface area (Å²) in [6.07, 6.45) is 0.624. The van der Waals surface area contributed by atoms with E-state index in [2.05, 4.69) is 15.5 Å². The highest BCUT2D eigenvalue weighted by molar-refractivity contribution is 7.14. The SMILES string of the molecule is Cc1ccc(-c2csc(NC(=O)COC(=O)CCc3c(C)noc3C)n2)cc1. The molecule has 0 aliphatic carbocycles. The Bertz CT molecular complexity index is 956. The third-order valence-corrected chi connectivity index (χ3v) is 4.98. The molecule has 0 saturated heterocycles. The lowest BCUT2D eigenvalue weighted by Crippen LogP contribution is -2.21. The number of thiazole rings is 1. The molecule has 0 saturated carbocycles. The smallest absolute Gasteiger partial charge is 0.306 e. The maximum Gasteiger partial charge on any atom is 0.306 e. The Morgan fingerprint density at radius 1 is 1.18 bits per heavy atom. The molecule has 0 aliphatic rings. The topological polar surface area (TPSA) is 94.3 Å². The first-order valence-electron chi connectivity index (χ1n) is 8.82. The number of nitrogens with zero attached hydrogens (tertiary/aromatic N) is 2. The molecule has 1 amide bonds. The van der Waals surface area contributed by atoms with Crippen molar-refractivity contribution in [3.05, 3.63) is 52.2 Å². The molecule has 2 heterocycles.